The van der Waals surface area contributed by atoms with E-state index < -0.39 is 40.0 Å². The lowest BCUT2D eigenvalue weighted by Gasteiger charge is -2.39. The number of nitrogens with one attached hydrogen (secondary N) is 3. The van der Waals surface area contributed by atoms with Gasteiger partial charge in [0.15, 0.2) is 12.1 Å². The summed E-state index contributed by atoms with van der Waals surface area (Å²) in [5, 5.41) is 2.68. The second kappa shape index (κ2) is 12.0. The molecule has 1 amide bonds. The second-order valence-corrected chi connectivity index (χ2v) is 11.8. The summed E-state index contributed by atoms with van der Waals surface area (Å²) < 4.78 is 97.9. The van der Waals surface area contributed by atoms with Gasteiger partial charge in [-0.3, -0.25) is 9.78 Å². The molecule has 234 valence electrons. The quantitative estimate of drug-likeness (QED) is 0.268. The molecule has 1 atom stereocenters. The third kappa shape index (κ3) is 6.72. The number of alkyl halides is 5. The molecule has 0 aliphatic carbocycles. The molecule has 11 nitrogen and oxygen atoms in total. The molecule has 3 heterocycles. The first-order chi connectivity index (χ1) is 20.8. The van der Waals surface area contributed by atoms with Gasteiger partial charge in [0.2, 0.25) is 15.9 Å². The number of rotatable bonds is 9. The summed E-state index contributed by atoms with van der Waals surface area (Å²) in [5.41, 5.74) is 1.28. The van der Waals surface area contributed by atoms with Crippen molar-refractivity contribution in [2.75, 3.05) is 24.5 Å². The lowest BCUT2D eigenvalue weighted by molar-refractivity contribution is -0.347. The highest BCUT2D eigenvalue weighted by atomic mass is 32.2. The standard InChI is InChI=1S/C27H26F5N7O4S/c1-2-26(28,29)18-5-3-17(4-6-18)13-34-25(40)21-15-38(22-14-33-23-24(37-22)36-16-35-23)11-12-39(21)44(41,42)20-9-7-19(8-10-20)43-27(30,31)32/h3-10,14,16,21H,2,11-13,15H2,1H3,(H,34,40)(H,33,35,36,37)/p+1/t21-/m1/s1. The summed E-state index contributed by atoms with van der Waals surface area (Å²) in [7, 11) is -4.38. The van der Waals surface area contributed by atoms with E-state index in [1.165, 1.54) is 43.7 Å². The molecule has 3 N–H and O–H groups in total. The van der Waals surface area contributed by atoms with E-state index in [-0.39, 0.29) is 43.1 Å². The van der Waals surface area contributed by atoms with Crippen molar-refractivity contribution in [1.29, 1.82) is 0 Å². The van der Waals surface area contributed by atoms with Crippen molar-refractivity contribution in [2.45, 2.75) is 43.1 Å². The summed E-state index contributed by atoms with van der Waals surface area (Å²) in [6.45, 7) is 1.11. The van der Waals surface area contributed by atoms with Gasteiger partial charge >= 0.3 is 12.0 Å². The Hall–Kier alpha value is -4.38. The molecule has 4 aromatic rings. The number of anilines is 1. The van der Waals surface area contributed by atoms with Gasteiger partial charge in [0, 0.05) is 38.2 Å². The Morgan fingerprint density at radius 3 is 2.45 bits per heavy atom. The maximum Gasteiger partial charge on any atom is 0.573 e. The van der Waals surface area contributed by atoms with Crippen molar-refractivity contribution in [3.63, 3.8) is 0 Å². The number of fused-ring (bicyclic) bond motifs is 1. The third-order valence-electron chi connectivity index (χ3n) is 7.09. The van der Waals surface area contributed by atoms with Gasteiger partial charge in [0.25, 0.3) is 11.6 Å². The molecule has 0 unspecified atom stereocenters. The number of halogens is 5. The van der Waals surface area contributed by atoms with Gasteiger partial charge in [0.05, 0.1) is 4.90 Å². The average Bonchev–Trinajstić information content (AvgIpc) is 3.47. The van der Waals surface area contributed by atoms with Gasteiger partial charge in [-0.1, -0.05) is 31.2 Å². The van der Waals surface area contributed by atoms with E-state index in [1.807, 2.05) is 0 Å². The molecular weight excluding hydrogens is 613 g/mol. The van der Waals surface area contributed by atoms with Crippen LogP contribution in [-0.4, -0.2) is 65.6 Å². The minimum atomic E-state index is -4.96. The van der Waals surface area contributed by atoms with Crippen LogP contribution in [0.5, 0.6) is 5.75 Å². The molecule has 1 saturated heterocycles. The second-order valence-electron chi connectivity index (χ2n) is 9.93. The molecule has 2 aromatic heterocycles. The molecular formula is C27H27F5N7O4S+. The number of aromatic amines is 2. The minimum Gasteiger partial charge on any atom is -0.406 e. The number of amides is 1. The largest absolute Gasteiger partial charge is 0.573 e. The highest BCUT2D eigenvalue weighted by molar-refractivity contribution is 7.89. The summed E-state index contributed by atoms with van der Waals surface area (Å²) in [4.78, 5) is 29.4. The Bertz CT molecular complexity index is 1730. The van der Waals surface area contributed by atoms with Crippen molar-refractivity contribution in [3.05, 3.63) is 72.2 Å². The molecule has 0 spiro atoms. The number of sulfonamides is 1. The predicted octanol–water partition coefficient (Wildman–Crippen LogP) is 3.37. The Kier molecular flexibility index (Phi) is 8.44. The normalized spacial score (nSPS) is 16.7. The number of ether oxygens (including phenoxy) is 1. The lowest BCUT2D eigenvalue weighted by Crippen LogP contribution is -2.60. The van der Waals surface area contributed by atoms with Gasteiger partial charge < -0.3 is 15.0 Å². The third-order valence-corrected chi connectivity index (χ3v) is 9.01. The van der Waals surface area contributed by atoms with Crippen molar-refractivity contribution in [1.82, 2.24) is 24.6 Å². The van der Waals surface area contributed by atoms with Crippen LogP contribution in [0.15, 0.2) is 66.0 Å². The Morgan fingerprint density at radius 1 is 1.09 bits per heavy atom. The first kappa shape index (κ1) is 31.1. The summed E-state index contributed by atoms with van der Waals surface area (Å²) in [6, 6.07) is 7.81. The highest BCUT2D eigenvalue weighted by Crippen LogP contribution is 2.31. The smallest absolute Gasteiger partial charge is 0.406 e. The Labute approximate surface area is 248 Å². The number of aromatic nitrogens is 4. The summed E-state index contributed by atoms with van der Waals surface area (Å²) in [6.07, 6.45) is -2.32. The number of carbonyl (C=O) groups is 1. The van der Waals surface area contributed by atoms with Gasteiger partial charge in [0.1, 0.15) is 18.0 Å². The van der Waals surface area contributed by atoms with E-state index in [1.54, 1.807) is 4.90 Å². The number of carbonyl (C=O) groups excluding carboxylic acids is 1. The fourth-order valence-electron chi connectivity index (χ4n) is 4.71. The predicted molar refractivity (Wildman–Crippen MR) is 146 cm³/mol. The monoisotopic (exact) mass is 640 g/mol. The zero-order valence-electron chi connectivity index (χ0n) is 23.1. The number of benzene rings is 2. The topological polar surface area (TPSA) is 135 Å². The van der Waals surface area contributed by atoms with Crippen LogP contribution in [0, 0.1) is 0 Å². The van der Waals surface area contributed by atoms with Crippen molar-refractivity contribution in [3.8, 4) is 5.75 Å². The van der Waals surface area contributed by atoms with Crippen molar-refractivity contribution < 1.29 is 44.9 Å². The summed E-state index contributed by atoms with van der Waals surface area (Å²) in [5.74, 6) is -3.90. The molecule has 1 aliphatic rings. The first-order valence-corrected chi connectivity index (χ1v) is 14.8. The molecule has 5 rings (SSSR count). The zero-order chi connectivity index (χ0) is 31.7. The molecule has 2 aromatic carbocycles. The maximum atomic E-state index is 14.0. The average molecular weight is 641 g/mol. The van der Waals surface area contributed by atoms with Crippen LogP contribution in [0.4, 0.5) is 27.8 Å². The molecule has 0 bridgehead atoms. The first-order valence-electron chi connectivity index (χ1n) is 13.4. The number of hydrogen-bond acceptors (Lipinski definition) is 7. The Morgan fingerprint density at radius 2 is 1.80 bits per heavy atom. The lowest BCUT2D eigenvalue weighted by atomic mass is 10.0. The molecule has 17 heteroatoms. The minimum absolute atomic E-state index is 0.0747. The maximum absolute atomic E-state index is 14.0. The Balaban J connectivity index is 1.39. The van der Waals surface area contributed by atoms with Gasteiger partial charge in [-0.25, -0.2) is 22.2 Å². The summed E-state index contributed by atoms with van der Waals surface area (Å²) >= 11 is 0. The number of imidazole rings is 1. The number of piperazine rings is 1. The van der Waals surface area contributed by atoms with E-state index in [0.29, 0.717) is 22.7 Å². The van der Waals surface area contributed by atoms with Gasteiger partial charge in [-0.2, -0.15) is 9.29 Å². The van der Waals surface area contributed by atoms with Crippen LogP contribution in [0.1, 0.15) is 24.5 Å². The molecule has 0 radical (unpaired) electrons. The van der Waals surface area contributed by atoms with Crippen LogP contribution in [-0.2, 0) is 27.3 Å². The van der Waals surface area contributed by atoms with Crippen molar-refractivity contribution >= 4 is 33.0 Å². The van der Waals surface area contributed by atoms with E-state index >= 15 is 0 Å². The van der Waals surface area contributed by atoms with Gasteiger partial charge in [-0.15, -0.1) is 18.2 Å². The molecule has 0 saturated carbocycles. The fourth-order valence-corrected chi connectivity index (χ4v) is 6.28. The van der Waals surface area contributed by atoms with E-state index in [0.717, 1.165) is 28.6 Å². The number of H-pyrrole nitrogens is 2. The van der Waals surface area contributed by atoms with Crippen LogP contribution >= 0.6 is 0 Å². The van der Waals surface area contributed by atoms with Crippen LogP contribution in [0.25, 0.3) is 11.3 Å². The molecule has 44 heavy (non-hydrogen) atoms. The van der Waals surface area contributed by atoms with Crippen LogP contribution < -0.4 is 19.9 Å². The number of hydrogen-bond donors (Lipinski definition) is 2. The van der Waals surface area contributed by atoms with Crippen molar-refractivity contribution in [2.24, 2.45) is 0 Å². The fraction of sp³-hybridized carbons (Fsp3) is 0.333. The molecule has 1 fully saturated rings. The van der Waals surface area contributed by atoms with E-state index in [9.17, 15) is 35.2 Å². The zero-order valence-corrected chi connectivity index (χ0v) is 23.9. The van der Waals surface area contributed by atoms with E-state index in [2.05, 4.69) is 30.0 Å². The highest BCUT2D eigenvalue weighted by Gasteiger charge is 2.41. The SMILES string of the molecule is CCC(F)(F)c1ccc(CNC(=O)[C@H]2CN(c3cnc4[nH+]c[nH]c4n3)CCN2S(=O)(=O)c2ccc(OC(F)(F)F)cc2)cc1. The number of nitrogens with zero attached hydrogens (tertiary/aromatic N) is 4. The van der Waals surface area contributed by atoms with E-state index in [4.69, 9.17) is 0 Å². The van der Waals surface area contributed by atoms with Gasteiger partial charge in [-0.05, 0) is 29.8 Å². The van der Waals surface area contributed by atoms with Crippen LogP contribution in [0.3, 0.4) is 0 Å². The molecule has 1 aliphatic heterocycles. The van der Waals surface area contributed by atoms with Crippen LogP contribution in [0.2, 0.25) is 0 Å².